The van der Waals surface area contributed by atoms with Gasteiger partial charge in [-0.3, -0.25) is 4.79 Å². The number of carbonyl (C=O) groups excluding carboxylic acids is 1. The molecule has 5 nitrogen and oxygen atoms in total. The second-order valence-corrected chi connectivity index (χ2v) is 9.03. The number of hydrogen-bond acceptors (Lipinski definition) is 4. The van der Waals surface area contributed by atoms with Crippen LogP contribution >= 0.6 is 23.4 Å². The van der Waals surface area contributed by atoms with Gasteiger partial charge < -0.3 is 14.4 Å². The predicted octanol–water partition coefficient (Wildman–Crippen LogP) is 3.85. The first kappa shape index (κ1) is 18.5. The van der Waals surface area contributed by atoms with Crippen LogP contribution in [0.2, 0.25) is 5.02 Å². The molecule has 2 saturated heterocycles. The van der Waals surface area contributed by atoms with Gasteiger partial charge in [0.2, 0.25) is 0 Å². The zero-order valence-corrected chi connectivity index (χ0v) is 16.3. The molecule has 1 aromatic rings. The van der Waals surface area contributed by atoms with E-state index in [4.69, 9.17) is 21.1 Å². The summed E-state index contributed by atoms with van der Waals surface area (Å²) in [7, 11) is 1.53. The fourth-order valence-electron chi connectivity index (χ4n) is 3.14. The lowest BCUT2D eigenvalue weighted by Crippen LogP contribution is -2.35. The highest BCUT2D eigenvalue weighted by molar-refractivity contribution is 8.15. The van der Waals surface area contributed by atoms with E-state index in [0.29, 0.717) is 16.3 Å². The quantitative estimate of drug-likeness (QED) is 0.791. The van der Waals surface area contributed by atoms with Gasteiger partial charge in [0.15, 0.2) is 5.17 Å². The number of rotatable bonds is 4. The van der Waals surface area contributed by atoms with Crippen LogP contribution in [-0.4, -0.2) is 53.6 Å². The van der Waals surface area contributed by atoms with Crippen LogP contribution in [-0.2, 0) is 4.74 Å². The fourth-order valence-corrected chi connectivity index (χ4v) is 4.42. The monoisotopic (exact) mass is 382 g/mol. The Morgan fingerprint density at radius 1 is 1.52 bits per heavy atom. The first-order valence-corrected chi connectivity index (χ1v) is 9.59. The van der Waals surface area contributed by atoms with Gasteiger partial charge in [0.1, 0.15) is 5.75 Å². The number of halogens is 1. The van der Waals surface area contributed by atoms with Gasteiger partial charge in [-0.05, 0) is 44.9 Å². The summed E-state index contributed by atoms with van der Waals surface area (Å²) in [5.74, 6) is 0.142. The normalized spacial score (nSPS) is 24.1. The molecule has 2 fully saturated rings. The Bertz CT molecular complexity index is 687. The number of amides is 1. The molecule has 0 bridgehead atoms. The smallest absolute Gasteiger partial charge is 0.283 e. The summed E-state index contributed by atoms with van der Waals surface area (Å²) in [5.41, 5.74) is 0.380. The van der Waals surface area contributed by atoms with E-state index in [9.17, 15) is 4.79 Å². The molecule has 2 aliphatic heterocycles. The molecule has 0 saturated carbocycles. The summed E-state index contributed by atoms with van der Waals surface area (Å²) in [6.45, 7) is 6.76. The average Bonchev–Trinajstić information content (AvgIpc) is 3.15. The van der Waals surface area contributed by atoms with Crippen molar-refractivity contribution in [3.05, 3.63) is 28.8 Å². The maximum atomic E-state index is 12.7. The van der Waals surface area contributed by atoms with Crippen LogP contribution in [0.5, 0.6) is 5.75 Å². The lowest BCUT2D eigenvalue weighted by molar-refractivity contribution is 0.0908. The Morgan fingerprint density at radius 2 is 2.32 bits per heavy atom. The molecule has 1 atom stereocenters. The van der Waals surface area contributed by atoms with Crippen molar-refractivity contribution in [3.63, 3.8) is 0 Å². The zero-order chi connectivity index (χ0) is 18.0. The number of hydrogen-bond donors (Lipinski definition) is 0. The summed E-state index contributed by atoms with van der Waals surface area (Å²) in [6.07, 6.45) is 2.38. The van der Waals surface area contributed by atoms with Gasteiger partial charge in [-0.1, -0.05) is 23.4 Å². The Balaban J connectivity index is 1.84. The molecule has 25 heavy (non-hydrogen) atoms. The third-order valence-electron chi connectivity index (χ3n) is 4.25. The van der Waals surface area contributed by atoms with E-state index in [0.717, 1.165) is 37.7 Å². The van der Waals surface area contributed by atoms with Crippen LogP contribution in [0.15, 0.2) is 23.2 Å². The van der Waals surface area contributed by atoms with E-state index in [2.05, 4.69) is 23.7 Å². The van der Waals surface area contributed by atoms with Crippen molar-refractivity contribution in [2.45, 2.75) is 37.5 Å². The third-order valence-corrected chi connectivity index (χ3v) is 5.70. The Hall–Kier alpha value is -1.24. The second kappa shape index (κ2) is 7.56. The maximum Gasteiger partial charge on any atom is 0.283 e. The molecule has 0 aromatic heterocycles. The minimum absolute atomic E-state index is 0.0101. The van der Waals surface area contributed by atoms with Crippen LogP contribution in [0.25, 0.3) is 0 Å². The number of ether oxygens (including phenoxy) is 2. The summed E-state index contributed by atoms with van der Waals surface area (Å²) >= 11 is 7.66. The van der Waals surface area contributed by atoms with E-state index in [1.807, 2.05) is 0 Å². The standard InChI is InChI=1S/C18H23ClN2O3S/c1-18(2)11-21(10-13-5-4-8-24-13)17(25-18)20-16(22)14-9-12(19)6-7-15(14)23-3/h6-7,9,13H,4-5,8,10-11H2,1-3H3/t13-/m0/s1. The van der Waals surface area contributed by atoms with Crippen molar-refractivity contribution in [3.8, 4) is 5.75 Å². The number of amidine groups is 1. The Labute approximate surface area is 157 Å². The van der Waals surface area contributed by atoms with Crippen LogP contribution < -0.4 is 4.74 Å². The highest BCUT2D eigenvalue weighted by Gasteiger charge is 2.37. The molecule has 2 aliphatic rings. The Morgan fingerprint density at radius 3 is 3.00 bits per heavy atom. The molecule has 0 unspecified atom stereocenters. The largest absolute Gasteiger partial charge is 0.496 e. The molecule has 1 amide bonds. The van der Waals surface area contributed by atoms with Crippen LogP contribution in [0.4, 0.5) is 0 Å². The molecular formula is C18H23ClN2O3S. The van der Waals surface area contributed by atoms with Crippen molar-refractivity contribution < 1.29 is 14.3 Å². The molecule has 7 heteroatoms. The minimum Gasteiger partial charge on any atom is -0.496 e. The fraction of sp³-hybridized carbons (Fsp3) is 0.556. The lowest BCUT2D eigenvalue weighted by Gasteiger charge is -2.22. The topological polar surface area (TPSA) is 51.1 Å². The molecule has 0 radical (unpaired) electrons. The number of aliphatic imine (C=N–C) groups is 1. The van der Waals surface area contributed by atoms with Gasteiger partial charge in [0.05, 0.1) is 18.8 Å². The molecule has 0 N–H and O–H groups in total. The third kappa shape index (κ3) is 4.49. The van der Waals surface area contributed by atoms with Crippen LogP contribution in [0, 0.1) is 0 Å². The van der Waals surface area contributed by atoms with Crippen LogP contribution in [0.1, 0.15) is 37.0 Å². The predicted molar refractivity (Wildman–Crippen MR) is 102 cm³/mol. The molecule has 2 heterocycles. The van der Waals surface area contributed by atoms with E-state index in [-0.39, 0.29) is 16.8 Å². The maximum absolute atomic E-state index is 12.7. The number of nitrogens with zero attached hydrogens (tertiary/aromatic N) is 2. The van der Waals surface area contributed by atoms with Gasteiger partial charge >= 0.3 is 0 Å². The van der Waals surface area contributed by atoms with Crippen molar-refractivity contribution in [2.24, 2.45) is 4.99 Å². The molecule has 136 valence electrons. The summed E-state index contributed by atoms with van der Waals surface area (Å²) in [6, 6.07) is 4.98. The highest BCUT2D eigenvalue weighted by Crippen LogP contribution is 2.36. The first-order valence-electron chi connectivity index (χ1n) is 8.40. The average molecular weight is 383 g/mol. The molecule has 0 spiro atoms. The zero-order valence-electron chi connectivity index (χ0n) is 14.8. The molecule has 1 aromatic carbocycles. The number of methoxy groups -OCH3 is 1. The van der Waals surface area contributed by atoms with Crippen LogP contribution in [0.3, 0.4) is 0 Å². The van der Waals surface area contributed by atoms with Crippen molar-refractivity contribution in [1.29, 1.82) is 0 Å². The van der Waals surface area contributed by atoms with E-state index in [1.165, 1.54) is 7.11 Å². The van der Waals surface area contributed by atoms with Gasteiger partial charge in [0.25, 0.3) is 5.91 Å². The van der Waals surface area contributed by atoms with Crippen molar-refractivity contribution in [2.75, 3.05) is 26.8 Å². The van der Waals surface area contributed by atoms with Crippen molar-refractivity contribution >= 4 is 34.4 Å². The number of benzene rings is 1. The van der Waals surface area contributed by atoms with E-state index < -0.39 is 0 Å². The highest BCUT2D eigenvalue weighted by atomic mass is 35.5. The first-order chi connectivity index (χ1) is 11.9. The van der Waals surface area contributed by atoms with Gasteiger partial charge in [0, 0.05) is 29.5 Å². The molecule has 3 rings (SSSR count). The Kier molecular flexibility index (Phi) is 5.61. The van der Waals surface area contributed by atoms with Gasteiger partial charge in [-0.15, -0.1) is 0 Å². The second-order valence-electron chi connectivity index (χ2n) is 6.92. The SMILES string of the molecule is COc1ccc(Cl)cc1C(=O)N=C1SC(C)(C)CN1C[C@@H]1CCCO1. The minimum atomic E-state index is -0.336. The molecule has 0 aliphatic carbocycles. The van der Waals surface area contributed by atoms with Gasteiger partial charge in [-0.25, -0.2) is 0 Å². The summed E-state index contributed by atoms with van der Waals surface area (Å²) < 4.78 is 11.0. The van der Waals surface area contributed by atoms with E-state index >= 15 is 0 Å². The molecular weight excluding hydrogens is 360 g/mol. The number of thioether (sulfide) groups is 1. The summed E-state index contributed by atoms with van der Waals surface area (Å²) in [5, 5.41) is 1.23. The summed E-state index contributed by atoms with van der Waals surface area (Å²) in [4.78, 5) is 19.3. The van der Waals surface area contributed by atoms with E-state index in [1.54, 1.807) is 30.0 Å². The number of carbonyl (C=O) groups is 1. The van der Waals surface area contributed by atoms with Gasteiger partial charge in [-0.2, -0.15) is 4.99 Å². The lowest BCUT2D eigenvalue weighted by atomic mass is 10.1. The van der Waals surface area contributed by atoms with Crippen molar-refractivity contribution in [1.82, 2.24) is 4.90 Å².